The molecule has 0 radical (unpaired) electrons. The van der Waals surface area contributed by atoms with Gasteiger partial charge in [0, 0.05) is 19.0 Å². The van der Waals surface area contributed by atoms with E-state index in [4.69, 9.17) is 10.4 Å². The van der Waals surface area contributed by atoms with Crippen LogP contribution in [0.15, 0.2) is 0 Å². The molecule has 1 rings (SSSR count). The van der Waals surface area contributed by atoms with Crippen molar-refractivity contribution < 1.29 is 5.11 Å². The van der Waals surface area contributed by atoms with Crippen LogP contribution in [0.2, 0.25) is 0 Å². The van der Waals surface area contributed by atoms with E-state index in [0.717, 1.165) is 25.9 Å². The highest BCUT2D eigenvalue weighted by molar-refractivity contribution is 4.80. The molecule has 0 aromatic carbocycles. The summed E-state index contributed by atoms with van der Waals surface area (Å²) in [5, 5.41) is 17.3. The molecule has 0 unspecified atom stereocenters. The van der Waals surface area contributed by atoms with Gasteiger partial charge in [-0.2, -0.15) is 5.26 Å². The number of nitriles is 1. The smallest absolute Gasteiger partial charge is 0.0621 e. The molecule has 1 N–H and O–H groups in total. The van der Waals surface area contributed by atoms with E-state index < -0.39 is 0 Å². The van der Waals surface area contributed by atoms with Crippen LogP contribution in [-0.4, -0.2) is 35.7 Å². The third-order valence-electron chi connectivity index (χ3n) is 2.96. The molecule has 0 saturated heterocycles. The van der Waals surface area contributed by atoms with Gasteiger partial charge in [0.05, 0.1) is 12.7 Å². The molecule has 0 bridgehead atoms. The molecule has 1 fully saturated rings. The number of rotatable bonds is 7. The molecule has 3 nitrogen and oxygen atoms in total. The number of hydrogen-bond donors (Lipinski definition) is 1. The molecular formula is C11H20N2O. The van der Waals surface area contributed by atoms with Gasteiger partial charge in [0.2, 0.25) is 0 Å². The van der Waals surface area contributed by atoms with Gasteiger partial charge in [-0.3, -0.25) is 4.90 Å². The number of unbranched alkanes of at least 4 members (excludes halogenated alkanes) is 2. The summed E-state index contributed by atoms with van der Waals surface area (Å²) in [6.45, 7) is 2.11. The van der Waals surface area contributed by atoms with Gasteiger partial charge in [0.25, 0.3) is 0 Å². The van der Waals surface area contributed by atoms with Crippen molar-refractivity contribution in [1.29, 1.82) is 5.26 Å². The predicted molar refractivity (Wildman–Crippen MR) is 55.8 cm³/mol. The molecule has 1 aliphatic rings. The maximum absolute atomic E-state index is 8.91. The summed E-state index contributed by atoms with van der Waals surface area (Å²) >= 11 is 0. The average molecular weight is 196 g/mol. The van der Waals surface area contributed by atoms with E-state index in [1.807, 2.05) is 0 Å². The van der Waals surface area contributed by atoms with E-state index in [1.54, 1.807) is 0 Å². The van der Waals surface area contributed by atoms with Crippen molar-refractivity contribution in [1.82, 2.24) is 4.90 Å². The Bertz CT molecular complexity index is 184. The minimum absolute atomic E-state index is 0.259. The molecule has 3 heteroatoms. The SMILES string of the molecule is N#CCCCCN(CCO)C1CCC1. The second-order valence-electron chi connectivity index (χ2n) is 3.96. The second-order valence-corrected chi connectivity index (χ2v) is 3.96. The zero-order valence-corrected chi connectivity index (χ0v) is 8.78. The van der Waals surface area contributed by atoms with Crippen LogP contribution in [0.4, 0.5) is 0 Å². The molecule has 0 aliphatic heterocycles. The van der Waals surface area contributed by atoms with Crippen LogP contribution in [0.3, 0.4) is 0 Å². The quantitative estimate of drug-likeness (QED) is 0.628. The molecular weight excluding hydrogens is 176 g/mol. The highest BCUT2D eigenvalue weighted by atomic mass is 16.3. The molecule has 1 aliphatic carbocycles. The van der Waals surface area contributed by atoms with Gasteiger partial charge < -0.3 is 5.11 Å². The molecule has 0 aromatic heterocycles. The number of hydrogen-bond acceptors (Lipinski definition) is 3. The van der Waals surface area contributed by atoms with E-state index in [2.05, 4.69) is 11.0 Å². The summed E-state index contributed by atoms with van der Waals surface area (Å²) in [6.07, 6.45) is 6.66. The minimum atomic E-state index is 0.259. The first kappa shape index (κ1) is 11.5. The standard InChI is InChI=1S/C11H20N2O/c12-7-2-1-3-8-13(9-10-14)11-5-4-6-11/h11,14H,1-6,8-10H2. The van der Waals surface area contributed by atoms with E-state index in [-0.39, 0.29) is 6.61 Å². The Balaban J connectivity index is 2.11. The van der Waals surface area contributed by atoms with Crippen molar-refractivity contribution >= 4 is 0 Å². The van der Waals surface area contributed by atoms with Crippen LogP contribution in [-0.2, 0) is 0 Å². The summed E-state index contributed by atoms with van der Waals surface area (Å²) in [6, 6.07) is 2.87. The highest BCUT2D eigenvalue weighted by Gasteiger charge is 2.23. The fourth-order valence-electron chi connectivity index (χ4n) is 1.88. The van der Waals surface area contributed by atoms with Crippen LogP contribution in [0.1, 0.15) is 38.5 Å². The highest BCUT2D eigenvalue weighted by Crippen LogP contribution is 2.24. The first-order valence-electron chi connectivity index (χ1n) is 5.60. The van der Waals surface area contributed by atoms with Gasteiger partial charge in [-0.05, 0) is 32.2 Å². The van der Waals surface area contributed by atoms with E-state index in [0.29, 0.717) is 12.5 Å². The van der Waals surface area contributed by atoms with Gasteiger partial charge in [0.1, 0.15) is 0 Å². The molecule has 14 heavy (non-hydrogen) atoms. The van der Waals surface area contributed by atoms with Crippen LogP contribution in [0, 0.1) is 11.3 Å². The Hall–Kier alpha value is -0.590. The number of aliphatic hydroxyl groups excluding tert-OH is 1. The predicted octanol–water partition coefficient (Wildman–Crippen LogP) is 1.53. The molecule has 80 valence electrons. The largest absolute Gasteiger partial charge is 0.395 e. The van der Waals surface area contributed by atoms with Crippen molar-refractivity contribution in [3.63, 3.8) is 0 Å². The minimum Gasteiger partial charge on any atom is -0.395 e. The van der Waals surface area contributed by atoms with Gasteiger partial charge in [-0.1, -0.05) is 6.42 Å². The van der Waals surface area contributed by atoms with Crippen LogP contribution < -0.4 is 0 Å². The Labute approximate surface area is 86.3 Å². The first-order chi connectivity index (χ1) is 6.88. The Kier molecular flexibility index (Phi) is 5.58. The second kappa shape index (κ2) is 6.80. The summed E-state index contributed by atoms with van der Waals surface area (Å²) in [4.78, 5) is 2.38. The zero-order valence-electron chi connectivity index (χ0n) is 8.78. The summed E-state index contributed by atoms with van der Waals surface area (Å²) in [7, 11) is 0. The molecule has 0 aromatic rings. The molecule has 0 amide bonds. The lowest BCUT2D eigenvalue weighted by molar-refractivity contribution is 0.0998. The Morgan fingerprint density at radius 2 is 2.07 bits per heavy atom. The first-order valence-corrected chi connectivity index (χ1v) is 5.60. The van der Waals surface area contributed by atoms with Gasteiger partial charge in [0.15, 0.2) is 0 Å². The lowest BCUT2D eigenvalue weighted by Crippen LogP contribution is -2.42. The summed E-state index contributed by atoms with van der Waals surface area (Å²) in [5.41, 5.74) is 0. The number of aliphatic hydroxyl groups is 1. The topological polar surface area (TPSA) is 47.3 Å². The third-order valence-corrected chi connectivity index (χ3v) is 2.96. The zero-order chi connectivity index (χ0) is 10.2. The van der Waals surface area contributed by atoms with Crippen LogP contribution in [0.25, 0.3) is 0 Å². The van der Waals surface area contributed by atoms with Crippen LogP contribution >= 0.6 is 0 Å². The lowest BCUT2D eigenvalue weighted by atomic mass is 9.91. The van der Waals surface area contributed by atoms with Crippen molar-refractivity contribution in [2.75, 3.05) is 19.7 Å². The van der Waals surface area contributed by atoms with E-state index in [9.17, 15) is 0 Å². The monoisotopic (exact) mass is 196 g/mol. The van der Waals surface area contributed by atoms with Crippen molar-refractivity contribution in [3.05, 3.63) is 0 Å². The van der Waals surface area contributed by atoms with Crippen molar-refractivity contribution in [3.8, 4) is 6.07 Å². The summed E-state index contributed by atoms with van der Waals surface area (Å²) in [5.74, 6) is 0. The molecule has 1 saturated carbocycles. The molecule has 0 spiro atoms. The Morgan fingerprint density at radius 3 is 2.57 bits per heavy atom. The summed E-state index contributed by atoms with van der Waals surface area (Å²) < 4.78 is 0. The van der Waals surface area contributed by atoms with E-state index in [1.165, 1.54) is 19.3 Å². The third kappa shape index (κ3) is 3.65. The van der Waals surface area contributed by atoms with Crippen LogP contribution in [0.5, 0.6) is 0 Å². The van der Waals surface area contributed by atoms with Crippen molar-refractivity contribution in [2.45, 2.75) is 44.6 Å². The molecule has 0 atom stereocenters. The lowest BCUT2D eigenvalue weighted by Gasteiger charge is -2.37. The van der Waals surface area contributed by atoms with Crippen molar-refractivity contribution in [2.24, 2.45) is 0 Å². The van der Waals surface area contributed by atoms with Gasteiger partial charge >= 0.3 is 0 Å². The van der Waals surface area contributed by atoms with E-state index >= 15 is 0 Å². The number of nitrogens with zero attached hydrogens (tertiary/aromatic N) is 2. The molecule has 0 heterocycles. The van der Waals surface area contributed by atoms with Gasteiger partial charge in [-0.25, -0.2) is 0 Å². The average Bonchev–Trinajstić information content (AvgIpc) is 2.10. The fraction of sp³-hybridized carbons (Fsp3) is 0.909. The maximum atomic E-state index is 8.91. The maximum Gasteiger partial charge on any atom is 0.0621 e. The Morgan fingerprint density at radius 1 is 1.29 bits per heavy atom. The normalized spacial score (nSPS) is 16.6. The fourth-order valence-corrected chi connectivity index (χ4v) is 1.88. The van der Waals surface area contributed by atoms with Gasteiger partial charge in [-0.15, -0.1) is 0 Å².